The molecule has 0 saturated carbocycles. The van der Waals surface area contributed by atoms with E-state index >= 15 is 0 Å². The molecule has 1 amide bonds. The summed E-state index contributed by atoms with van der Waals surface area (Å²) in [5.74, 6) is 0.961. The van der Waals surface area contributed by atoms with E-state index in [1.54, 1.807) is 3.11 Å². The maximum Gasteiger partial charge on any atom is 0.237 e. The third-order valence-corrected chi connectivity index (χ3v) is 3.10. The summed E-state index contributed by atoms with van der Waals surface area (Å²) in [6.45, 7) is 1.93. The average Bonchev–Trinajstić information content (AvgIpc) is 2.12. The van der Waals surface area contributed by atoms with Crippen LogP contribution in [0.5, 0.6) is 0 Å². The number of carbonyl (C=O) groups is 1. The highest BCUT2D eigenvalue weighted by Gasteiger charge is 2.23. The molecule has 3 nitrogen and oxygen atoms in total. The molecule has 0 saturated heterocycles. The van der Waals surface area contributed by atoms with Gasteiger partial charge in [-0.3, -0.25) is 4.79 Å². The number of pyridine rings is 1. The fraction of sp³-hybridized carbons (Fsp3) is 0.333. The molecule has 0 N–H and O–H groups in total. The van der Waals surface area contributed by atoms with E-state index in [0.29, 0.717) is 6.42 Å². The number of fused-ring (bicyclic) bond motifs is 1. The zero-order valence-electron chi connectivity index (χ0n) is 7.25. The Bertz CT molecular complexity index is 365. The van der Waals surface area contributed by atoms with Crippen molar-refractivity contribution in [2.45, 2.75) is 19.8 Å². The van der Waals surface area contributed by atoms with E-state index in [1.807, 2.05) is 35.9 Å². The van der Waals surface area contributed by atoms with Crippen LogP contribution in [0, 0.1) is 6.92 Å². The molecule has 1 aromatic heterocycles. The lowest BCUT2D eigenvalue weighted by Gasteiger charge is -2.22. The van der Waals surface area contributed by atoms with E-state index in [0.717, 1.165) is 17.9 Å². The molecule has 0 bridgehead atoms. The van der Waals surface area contributed by atoms with Gasteiger partial charge >= 0.3 is 0 Å². The first kappa shape index (κ1) is 8.93. The molecule has 0 spiro atoms. The molecule has 1 aromatic rings. The molecule has 1 aliphatic rings. The largest absolute Gasteiger partial charge is 0.274 e. The number of anilines is 1. The van der Waals surface area contributed by atoms with E-state index in [1.165, 1.54) is 5.56 Å². The highest BCUT2D eigenvalue weighted by atomic mass is 127. The van der Waals surface area contributed by atoms with Crippen molar-refractivity contribution in [2.75, 3.05) is 3.11 Å². The Morgan fingerprint density at radius 3 is 3.00 bits per heavy atom. The highest BCUT2D eigenvalue weighted by Crippen LogP contribution is 2.28. The zero-order chi connectivity index (χ0) is 9.42. The van der Waals surface area contributed by atoms with Gasteiger partial charge in [-0.25, -0.2) is 8.10 Å². The summed E-state index contributed by atoms with van der Waals surface area (Å²) < 4.78 is 1.61. The van der Waals surface area contributed by atoms with Crippen LogP contribution in [0.2, 0.25) is 0 Å². The first-order chi connectivity index (χ1) is 6.18. The summed E-state index contributed by atoms with van der Waals surface area (Å²) in [6.07, 6.45) is 1.42. The molecular formula is C9H9IN2O. The monoisotopic (exact) mass is 288 g/mol. The number of nitrogens with zero attached hydrogens (tertiary/aromatic N) is 2. The lowest BCUT2D eigenvalue weighted by Crippen LogP contribution is -2.26. The summed E-state index contributed by atoms with van der Waals surface area (Å²) in [6, 6.07) is 4.04. The topological polar surface area (TPSA) is 33.2 Å². The average molecular weight is 288 g/mol. The van der Waals surface area contributed by atoms with Crippen LogP contribution in [0.1, 0.15) is 17.7 Å². The maximum absolute atomic E-state index is 11.3. The van der Waals surface area contributed by atoms with Gasteiger partial charge in [0, 0.05) is 12.1 Å². The molecule has 2 rings (SSSR count). The number of carbonyl (C=O) groups excluding carboxylic acids is 1. The van der Waals surface area contributed by atoms with E-state index in [-0.39, 0.29) is 5.91 Å². The minimum Gasteiger partial charge on any atom is -0.274 e. The number of rotatable bonds is 0. The van der Waals surface area contributed by atoms with E-state index in [4.69, 9.17) is 0 Å². The summed E-state index contributed by atoms with van der Waals surface area (Å²) >= 11 is 2.01. The van der Waals surface area contributed by atoms with Gasteiger partial charge < -0.3 is 0 Å². The number of amides is 1. The van der Waals surface area contributed by atoms with E-state index < -0.39 is 0 Å². The van der Waals surface area contributed by atoms with Crippen LogP contribution in [-0.4, -0.2) is 10.9 Å². The van der Waals surface area contributed by atoms with Gasteiger partial charge in [0.15, 0.2) is 0 Å². The summed E-state index contributed by atoms with van der Waals surface area (Å²) in [5.41, 5.74) is 2.12. The van der Waals surface area contributed by atoms with Gasteiger partial charge in [-0.2, -0.15) is 0 Å². The SMILES string of the molecule is Cc1ccc2c(n1)N(I)C(=O)CC2. The maximum atomic E-state index is 11.3. The normalized spacial score (nSPS) is 15.8. The molecule has 4 heteroatoms. The Morgan fingerprint density at radius 2 is 2.23 bits per heavy atom. The van der Waals surface area contributed by atoms with Gasteiger partial charge in [0.05, 0.1) is 22.9 Å². The molecule has 13 heavy (non-hydrogen) atoms. The molecule has 0 radical (unpaired) electrons. The van der Waals surface area contributed by atoms with Crippen LogP contribution in [0.4, 0.5) is 5.82 Å². The van der Waals surface area contributed by atoms with Crippen LogP contribution >= 0.6 is 22.9 Å². The van der Waals surface area contributed by atoms with Gasteiger partial charge in [-0.05, 0) is 25.0 Å². The lowest BCUT2D eigenvalue weighted by atomic mass is 10.1. The van der Waals surface area contributed by atoms with Crippen molar-refractivity contribution < 1.29 is 4.79 Å². The fourth-order valence-electron chi connectivity index (χ4n) is 1.39. The molecule has 2 heterocycles. The van der Waals surface area contributed by atoms with Crippen molar-refractivity contribution in [3.63, 3.8) is 0 Å². The van der Waals surface area contributed by atoms with Gasteiger partial charge in [0.2, 0.25) is 5.91 Å². The molecule has 0 aliphatic carbocycles. The molecule has 0 fully saturated rings. The van der Waals surface area contributed by atoms with Crippen molar-refractivity contribution in [1.29, 1.82) is 0 Å². The van der Waals surface area contributed by atoms with E-state index in [9.17, 15) is 4.79 Å². The third kappa shape index (κ3) is 1.54. The molecule has 0 unspecified atom stereocenters. The van der Waals surface area contributed by atoms with Crippen molar-refractivity contribution in [3.05, 3.63) is 23.4 Å². The second-order valence-corrected chi connectivity index (χ2v) is 4.07. The van der Waals surface area contributed by atoms with E-state index in [2.05, 4.69) is 11.1 Å². The Balaban J connectivity index is 2.51. The number of aryl methyl sites for hydroxylation is 2. The fourth-order valence-corrected chi connectivity index (χ4v) is 2.05. The predicted octanol–water partition coefficient (Wildman–Crippen LogP) is 2.02. The van der Waals surface area contributed by atoms with Crippen LogP contribution in [0.15, 0.2) is 12.1 Å². The van der Waals surface area contributed by atoms with Gasteiger partial charge in [0.1, 0.15) is 5.82 Å². The minimum absolute atomic E-state index is 0.145. The quantitative estimate of drug-likeness (QED) is 0.540. The molecular weight excluding hydrogens is 279 g/mol. The predicted molar refractivity (Wildman–Crippen MR) is 58.8 cm³/mol. The molecule has 1 aliphatic heterocycles. The summed E-state index contributed by atoms with van der Waals surface area (Å²) in [4.78, 5) is 15.7. The first-order valence-corrected chi connectivity index (χ1v) is 5.10. The van der Waals surface area contributed by atoms with Crippen LogP contribution in [0.3, 0.4) is 0 Å². The zero-order valence-corrected chi connectivity index (χ0v) is 9.41. The number of hydrogen-bond acceptors (Lipinski definition) is 2. The van der Waals surface area contributed by atoms with Gasteiger partial charge in [0.25, 0.3) is 0 Å². The van der Waals surface area contributed by atoms with Crippen LogP contribution in [0.25, 0.3) is 0 Å². The van der Waals surface area contributed by atoms with Crippen molar-refractivity contribution >= 4 is 34.6 Å². The molecule has 0 aromatic carbocycles. The second kappa shape index (κ2) is 3.25. The summed E-state index contributed by atoms with van der Waals surface area (Å²) in [7, 11) is 0. The van der Waals surface area contributed by atoms with Crippen molar-refractivity contribution in [1.82, 2.24) is 4.98 Å². The standard InChI is InChI=1S/C9H9IN2O/c1-6-2-3-7-4-5-8(13)12(10)9(7)11-6/h2-3H,4-5H2,1H3. The third-order valence-electron chi connectivity index (χ3n) is 2.11. The number of hydrogen-bond donors (Lipinski definition) is 0. The Hall–Kier alpha value is -0.650. The second-order valence-electron chi connectivity index (χ2n) is 3.11. The van der Waals surface area contributed by atoms with Gasteiger partial charge in [-0.1, -0.05) is 6.07 Å². The molecule has 0 atom stereocenters. The lowest BCUT2D eigenvalue weighted by molar-refractivity contribution is -0.117. The highest BCUT2D eigenvalue weighted by molar-refractivity contribution is 14.1. The minimum atomic E-state index is 0.145. The smallest absolute Gasteiger partial charge is 0.237 e. The van der Waals surface area contributed by atoms with Crippen molar-refractivity contribution in [2.24, 2.45) is 0 Å². The Kier molecular flexibility index (Phi) is 2.23. The Morgan fingerprint density at radius 1 is 1.46 bits per heavy atom. The van der Waals surface area contributed by atoms with Crippen LogP contribution < -0.4 is 3.11 Å². The first-order valence-electron chi connectivity index (χ1n) is 4.14. The van der Waals surface area contributed by atoms with Crippen LogP contribution in [-0.2, 0) is 11.2 Å². The number of aromatic nitrogens is 1. The van der Waals surface area contributed by atoms with Crippen molar-refractivity contribution in [3.8, 4) is 0 Å². The number of halogens is 1. The summed E-state index contributed by atoms with van der Waals surface area (Å²) in [5, 5.41) is 0. The molecule has 68 valence electrons. The Labute approximate surface area is 90.6 Å². The van der Waals surface area contributed by atoms with Gasteiger partial charge in [-0.15, -0.1) is 0 Å².